The van der Waals surface area contributed by atoms with Crippen LogP contribution in [0, 0.1) is 6.92 Å². The van der Waals surface area contributed by atoms with Gasteiger partial charge in [-0.15, -0.1) is 0 Å². The van der Waals surface area contributed by atoms with Gasteiger partial charge in [-0.2, -0.15) is 0 Å². The van der Waals surface area contributed by atoms with Gasteiger partial charge in [0.05, 0.1) is 11.4 Å². The van der Waals surface area contributed by atoms with E-state index >= 15 is 0 Å². The first-order valence-corrected chi connectivity index (χ1v) is 8.34. The lowest BCUT2D eigenvalue weighted by Crippen LogP contribution is -2.15. The molecule has 0 bridgehead atoms. The molecule has 0 fully saturated rings. The topological polar surface area (TPSA) is 90.0 Å². The third-order valence-electron chi connectivity index (χ3n) is 3.29. The molecule has 1 aromatic carbocycles. The van der Waals surface area contributed by atoms with Gasteiger partial charge in [0, 0.05) is 24.6 Å². The van der Waals surface area contributed by atoms with E-state index in [1.54, 1.807) is 19.2 Å². The van der Waals surface area contributed by atoms with Crippen molar-refractivity contribution in [2.24, 2.45) is 5.14 Å². The van der Waals surface area contributed by atoms with E-state index < -0.39 is 10.0 Å². The van der Waals surface area contributed by atoms with E-state index in [0.717, 1.165) is 24.5 Å². The SMILES string of the molecule is CCCn1ccnc1CNc1cccc(S(N)(=O)=O)c1C. The number of rotatable bonds is 6. The summed E-state index contributed by atoms with van der Waals surface area (Å²) in [6.45, 7) is 5.28. The molecule has 2 rings (SSSR count). The lowest BCUT2D eigenvalue weighted by atomic mass is 10.2. The highest BCUT2D eigenvalue weighted by molar-refractivity contribution is 7.89. The van der Waals surface area contributed by atoms with Crippen LogP contribution in [-0.4, -0.2) is 18.0 Å². The Morgan fingerprint density at radius 2 is 2.14 bits per heavy atom. The van der Waals surface area contributed by atoms with Gasteiger partial charge in [-0.3, -0.25) is 0 Å². The lowest BCUT2D eigenvalue weighted by Gasteiger charge is -2.13. The molecule has 0 saturated heterocycles. The van der Waals surface area contributed by atoms with Crippen molar-refractivity contribution in [2.75, 3.05) is 5.32 Å². The zero-order chi connectivity index (χ0) is 15.5. The monoisotopic (exact) mass is 308 g/mol. The average molecular weight is 308 g/mol. The van der Waals surface area contributed by atoms with Crippen molar-refractivity contribution in [3.63, 3.8) is 0 Å². The van der Waals surface area contributed by atoms with Crippen molar-refractivity contribution in [2.45, 2.75) is 38.3 Å². The Balaban J connectivity index is 2.19. The summed E-state index contributed by atoms with van der Waals surface area (Å²) in [5, 5.41) is 8.43. The Kier molecular flexibility index (Phi) is 4.64. The maximum absolute atomic E-state index is 11.5. The molecular formula is C14H20N4O2S. The molecule has 114 valence electrons. The minimum Gasteiger partial charge on any atom is -0.378 e. The van der Waals surface area contributed by atoms with Crippen molar-refractivity contribution in [1.29, 1.82) is 0 Å². The number of aryl methyl sites for hydroxylation is 1. The maximum atomic E-state index is 11.5. The van der Waals surface area contributed by atoms with Crippen molar-refractivity contribution in [3.05, 3.63) is 42.0 Å². The summed E-state index contributed by atoms with van der Waals surface area (Å²) in [6.07, 6.45) is 4.73. The maximum Gasteiger partial charge on any atom is 0.238 e. The summed E-state index contributed by atoms with van der Waals surface area (Å²) in [5.41, 5.74) is 1.36. The first-order chi connectivity index (χ1) is 9.93. The van der Waals surface area contributed by atoms with Crippen LogP contribution in [0.25, 0.3) is 0 Å². The van der Waals surface area contributed by atoms with Gasteiger partial charge < -0.3 is 9.88 Å². The van der Waals surface area contributed by atoms with Crippen molar-refractivity contribution >= 4 is 15.7 Å². The fourth-order valence-corrected chi connectivity index (χ4v) is 3.05. The third-order valence-corrected chi connectivity index (χ3v) is 4.35. The Morgan fingerprint density at radius 1 is 1.38 bits per heavy atom. The molecule has 7 heteroatoms. The number of anilines is 1. The van der Waals surface area contributed by atoms with Crippen molar-refractivity contribution < 1.29 is 8.42 Å². The zero-order valence-electron chi connectivity index (χ0n) is 12.2. The molecule has 0 aliphatic rings. The highest BCUT2D eigenvalue weighted by Crippen LogP contribution is 2.22. The van der Waals surface area contributed by atoms with Crippen LogP contribution in [0.15, 0.2) is 35.5 Å². The first kappa shape index (κ1) is 15.5. The molecule has 21 heavy (non-hydrogen) atoms. The molecule has 1 heterocycles. The average Bonchev–Trinajstić information content (AvgIpc) is 2.84. The summed E-state index contributed by atoms with van der Waals surface area (Å²) in [4.78, 5) is 4.45. The summed E-state index contributed by atoms with van der Waals surface area (Å²) in [5.74, 6) is 0.914. The number of aromatic nitrogens is 2. The Morgan fingerprint density at radius 3 is 2.81 bits per heavy atom. The van der Waals surface area contributed by atoms with Gasteiger partial charge >= 0.3 is 0 Å². The van der Waals surface area contributed by atoms with Crippen molar-refractivity contribution in [3.8, 4) is 0 Å². The molecule has 0 radical (unpaired) electrons. The Hall–Kier alpha value is -1.86. The summed E-state index contributed by atoms with van der Waals surface area (Å²) < 4.78 is 25.1. The third kappa shape index (κ3) is 3.62. The van der Waals surface area contributed by atoms with Crippen LogP contribution in [0.4, 0.5) is 5.69 Å². The van der Waals surface area contributed by atoms with Gasteiger partial charge in [-0.05, 0) is 31.0 Å². The second-order valence-electron chi connectivity index (χ2n) is 4.86. The van der Waals surface area contributed by atoms with Gasteiger partial charge in [0.2, 0.25) is 10.0 Å². The predicted octanol–water partition coefficient (Wildman–Crippen LogP) is 1.86. The largest absolute Gasteiger partial charge is 0.378 e. The van der Waals surface area contributed by atoms with E-state index in [-0.39, 0.29) is 4.90 Å². The first-order valence-electron chi connectivity index (χ1n) is 6.79. The molecule has 0 aliphatic carbocycles. The molecule has 0 saturated carbocycles. The molecular weight excluding hydrogens is 288 g/mol. The Bertz CT molecular complexity index is 722. The standard InChI is InChI=1S/C14H20N4O2S/c1-3-8-18-9-7-16-14(18)10-17-12-5-4-6-13(11(12)2)21(15,19)20/h4-7,9,17H,3,8,10H2,1-2H3,(H2,15,19,20). The normalized spacial score (nSPS) is 11.6. The molecule has 0 amide bonds. The molecule has 0 atom stereocenters. The van der Waals surface area contributed by atoms with Gasteiger partial charge in [-0.25, -0.2) is 18.5 Å². The van der Waals surface area contributed by atoms with Crippen LogP contribution in [0.1, 0.15) is 24.7 Å². The van der Waals surface area contributed by atoms with Gasteiger partial charge in [0.1, 0.15) is 5.82 Å². The summed E-state index contributed by atoms with van der Waals surface area (Å²) in [7, 11) is -3.71. The number of primary sulfonamides is 1. The number of hydrogen-bond donors (Lipinski definition) is 2. The quantitative estimate of drug-likeness (QED) is 0.852. The lowest BCUT2D eigenvalue weighted by molar-refractivity contribution is 0.597. The molecule has 2 aromatic rings. The Labute approximate surface area is 125 Å². The number of nitrogens with one attached hydrogen (secondary N) is 1. The molecule has 0 aliphatic heterocycles. The van der Waals surface area contributed by atoms with Gasteiger partial charge in [-0.1, -0.05) is 13.0 Å². The van der Waals surface area contributed by atoms with E-state index in [1.165, 1.54) is 6.07 Å². The predicted molar refractivity (Wildman–Crippen MR) is 82.4 cm³/mol. The van der Waals surface area contributed by atoms with Crippen LogP contribution in [-0.2, 0) is 23.1 Å². The second kappa shape index (κ2) is 6.28. The number of hydrogen-bond acceptors (Lipinski definition) is 4. The minimum absolute atomic E-state index is 0.143. The van der Waals surface area contributed by atoms with Crippen LogP contribution in [0.3, 0.4) is 0 Å². The molecule has 3 N–H and O–H groups in total. The van der Waals surface area contributed by atoms with Crippen LogP contribution in [0.5, 0.6) is 0 Å². The van der Waals surface area contributed by atoms with Crippen LogP contribution in [0.2, 0.25) is 0 Å². The summed E-state index contributed by atoms with van der Waals surface area (Å²) >= 11 is 0. The fourth-order valence-electron chi connectivity index (χ4n) is 2.24. The smallest absolute Gasteiger partial charge is 0.238 e. The van der Waals surface area contributed by atoms with E-state index in [4.69, 9.17) is 5.14 Å². The minimum atomic E-state index is -3.71. The highest BCUT2D eigenvalue weighted by Gasteiger charge is 2.13. The molecule has 0 spiro atoms. The number of nitrogens with zero attached hydrogens (tertiary/aromatic N) is 2. The second-order valence-corrected chi connectivity index (χ2v) is 6.39. The van der Waals surface area contributed by atoms with E-state index in [9.17, 15) is 8.42 Å². The highest BCUT2D eigenvalue weighted by atomic mass is 32.2. The van der Waals surface area contributed by atoms with Crippen LogP contribution >= 0.6 is 0 Å². The van der Waals surface area contributed by atoms with E-state index in [2.05, 4.69) is 21.8 Å². The van der Waals surface area contributed by atoms with Crippen molar-refractivity contribution in [1.82, 2.24) is 9.55 Å². The van der Waals surface area contributed by atoms with E-state index in [1.807, 2.05) is 12.3 Å². The molecule has 1 aromatic heterocycles. The van der Waals surface area contributed by atoms with Crippen LogP contribution < -0.4 is 10.5 Å². The fraction of sp³-hybridized carbons (Fsp3) is 0.357. The summed E-state index contributed by atoms with van der Waals surface area (Å²) in [6, 6.07) is 5.01. The van der Waals surface area contributed by atoms with Gasteiger partial charge in [0.25, 0.3) is 0 Å². The molecule has 0 unspecified atom stereocenters. The zero-order valence-corrected chi connectivity index (χ0v) is 13.0. The van der Waals surface area contributed by atoms with Gasteiger partial charge in [0.15, 0.2) is 0 Å². The number of benzene rings is 1. The number of nitrogens with two attached hydrogens (primary N) is 1. The molecule has 6 nitrogen and oxygen atoms in total. The van der Waals surface area contributed by atoms with E-state index in [0.29, 0.717) is 12.1 Å². The number of imidazole rings is 1. The number of sulfonamides is 1.